The van der Waals surface area contributed by atoms with Crippen LogP contribution >= 0.6 is 11.3 Å². The van der Waals surface area contributed by atoms with Crippen LogP contribution < -0.4 is 21.5 Å². The zero-order chi connectivity index (χ0) is 21.8. The topological polar surface area (TPSA) is 140 Å². The number of hydrazine groups is 1. The van der Waals surface area contributed by atoms with E-state index in [2.05, 4.69) is 42.7 Å². The number of nitrogens with zero attached hydrogens (tertiary/aromatic N) is 6. The largest absolute Gasteiger partial charge is 0.378 e. The Bertz CT molecular complexity index is 1180. The van der Waals surface area contributed by atoms with E-state index < -0.39 is 5.91 Å². The predicted molar refractivity (Wildman–Crippen MR) is 116 cm³/mol. The first-order valence-electron chi connectivity index (χ1n) is 9.13. The molecule has 0 aliphatic rings. The summed E-state index contributed by atoms with van der Waals surface area (Å²) in [6.07, 6.45) is 0. The number of nitrogens with one attached hydrogen (secondary N) is 2. The van der Waals surface area contributed by atoms with Crippen LogP contribution in [0.4, 0.5) is 11.5 Å². The van der Waals surface area contributed by atoms with E-state index in [1.165, 1.54) is 16.0 Å². The summed E-state index contributed by atoms with van der Waals surface area (Å²) in [7, 11) is 1.88. The normalized spacial score (nSPS) is 10.6. The Labute approximate surface area is 181 Å². The van der Waals surface area contributed by atoms with Crippen LogP contribution in [0.25, 0.3) is 11.5 Å². The van der Waals surface area contributed by atoms with Crippen molar-refractivity contribution in [2.45, 2.75) is 6.54 Å². The Morgan fingerprint density at radius 2 is 2.03 bits per heavy atom. The molecule has 0 aliphatic carbocycles. The molecule has 3 aromatic heterocycles. The van der Waals surface area contributed by atoms with Gasteiger partial charge in [-0.25, -0.2) is 4.63 Å². The quantitative estimate of drug-likeness (QED) is 0.352. The second kappa shape index (κ2) is 8.67. The molecule has 0 atom stereocenters. The van der Waals surface area contributed by atoms with Crippen molar-refractivity contribution >= 4 is 34.4 Å². The predicted octanol–water partition coefficient (Wildman–Crippen LogP) is 1.84. The molecule has 158 valence electrons. The summed E-state index contributed by atoms with van der Waals surface area (Å²) >= 11 is 1.50. The minimum absolute atomic E-state index is 0.0321. The molecule has 0 radical (unpaired) electrons. The zero-order valence-electron chi connectivity index (χ0n) is 16.5. The number of benzene rings is 1. The van der Waals surface area contributed by atoms with Gasteiger partial charge in [-0.1, -0.05) is 36.1 Å². The molecule has 4 aromatic rings. The number of nitrogen functional groups attached to an aromatic ring is 1. The first kappa shape index (κ1) is 20.1. The van der Waals surface area contributed by atoms with E-state index in [0.29, 0.717) is 11.4 Å². The number of nitrogens with two attached hydrogens (primary N) is 1. The van der Waals surface area contributed by atoms with Crippen LogP contribution in [0.15, 0.2) is 59.1 Å². The number of anilines is 2. The SMILES string of the molecule is C=C(NNC(=O)c1nnn(-c2nonc2N)c1CN(C)c1ccccc1)c1cccs1. The number of aromatic nitrogens is 5. The van der Waals surface area contributed by atoms with Crippen LogP contribution in [0.3, 0.4) is 0 Å². The third-order valence-electron chi connectivity index (χ3n) is 4.40. The van der Waals surface area contributed by atoms with Gasteiger partial charge in [0.15, 0.2) is 5.69 Å². The molecule has 0 bridgehead atoms. The maximum absolute atomic E-state index is 12.9. The fourth-order valence-electron chi connectivity index (χ4n) is 2.83. The van der Waals surface area contributed by atoms with E-state index in [-0.39, 0.29) is 23.9 Å². The first-order chi connectivity index (χ1) is 15.0. The Hall–Kier alpha value is -4.19. The molecule has 3 heterocycles. The van der Waals surface area contributed by atoms with Crippen molar-refractivity contribution in [3.63, 3.8) is 0 Å². The minimum atomic E-state index is -0.490. The Balaban J connectivity index is 1.61. The zero-order valence-corrected chi connectivity index (χ0v) is 17.3. The van der Waals surface area contributed by atoms with Crippen molar-refractivity contribution in [2.24, 2.45) is 0 Å². The van der Waals surface area contributed by atoms with E-state index in [4.69, 9.17) is 5.73 Å². The lowest BCUT2D eigenvalue weighted by Crippen LogP contribution is -2.37. The molecular formula is C19H19N9O2S. The van der Waals surface area contributed by atoms with Gasteiger partial charge in [0.1, 0.15) is 0 Å². The third kappa shape index (κ3) is 4.23. The van der Waals surface area contributed by atoms with Crippen molar-refractivity contribution in [1.82, 2.24) is 36.2 Å². The van der Waals surface area contributed by atoms with Gasteiger partial charge < -0.3 is 10.6 Å². The Kier molecular flexibility index (Phi) is 5.62. The first-order valence-corrected chi connectivity index (χ1v) is 10.0. The number of amides is 1. The fourth-order valence-corrected chi connectivity index (χ4v) is 3.48. The van der Waals surface area contributed by atoms with Crippen LogP contribution in [0.1, 0.15) is 21.1 Å². The van der Waals surface area contributed by atoms with E-state index >= 15 is 0 Å². The second-order valence-corrected chi connectivity index (χ2v) is 7.44. The van der Waals surface area contributed by atoms with Crippen molar-refractivity contribution in [2.75, 3.05) is 17.7 Å². The number of hydrogen-bond donors (Lipinski definition) is 3. The number of carbonyl (C=O) groups excluding carboxylic acids is 1. The number of thiophene rings is 1. The lowest BCUT2D eigenvalue weighted by atomic mass is 10.2. The molecule has 0 aliphatic heterocycles. The Morgan fingerprint density at radius 3 is 2.71 bits per heavy atom. The number of hydrogen-bond acceptors (Lipinski definition) is 10. The maximum atomic E-state index is 12.9. The average Bonchev–Trinajstić information content (AvgIpc) is 3.53. The molecule has 4 rings (SSSR count). The maximum Gasteiger partial charge on any atom is 0.292 e. The second-order valence-electron chi connectivity index (χ2n) is 6.50. The molecular weight excluding hydrogens is 418 g/mol. The number of para-hydroxylation sites is 1. The molecule has 0 saturated carbocycles. The van der Waals surface area contributed by atoms with E-state index in [9.17, 15) is 4.79 Å². The molecule has 12 heteroatoms. The highest BCUT2D eigenvalue weighted by Gasteiger charge is 2.25. The molecule has 1 amide bonds. The molecule has 0 unspecified atom stereocenters. The third-order valence-corrected chi connectivity index (χ3v) is 5.33. The van der Waals surface area contributed by atoms with Crippen molar-refractivity contribution in [3.8, 4) is 5.82 Å². The van der Waals surface area contributed by atoms with Gasteiger partial charge in [-0.15, -0.1) is 16.4 Å². The molecule has 31 heavy (non-hydrogen) atoms. The minimum Gasteiger partial charge on any atom is -0.378 e. The summed E-state index contributed by atoms with van der Waals surface area (Å²) < 4.78 is 6.03. The van der Waals surface area contributed by atoms with E-state index in [0.717, 1.165) is 10.6 Å². The van der Waals surface area contributed by atoms with Crippen molar-refractivity contribution in [3.05, 3.63) is 70.7 Å². The summed E-state index contributed by atoms with van der Waals surface area (Å²) in [4.78, 5) is 15.7. The number of carbonyl (C=O) groups is 1. The van der Waals surface area contributed by atoms with Crippen LogP contribution in [0, 0.1) is 0 Å². The summed E-state index contributed by atoms with van der Waals surface area (Å²) in [5.41, 5.74) is 13.3. The summed E-state index contributed by atoms with van der Waals surface area (Å²) in [5, 5.41) is 17.4. The van der Waals surface area contributed by atoms with Gasteiger partial charge in [0.2, 0.25) is 11.6 Å². The highest BCUT2D eigenvalue weighted by molar-refractivity contribution is 7.11. The summed E-state index contributed by atoms with van der Waals surface area (Å²) in [5.74, 6) is -0.306. The standard InChI is InChI=1S/C19H19N9O2S/c1-12(15-9-6-10-31-15)21-23-19(29)16-14(11-27(2)13-7-4-3-5-8-13)28(26-22-16)18-17(20)24-30-25-18/h3-10,21H,1,11H2,2H3,(H2,20,24)(H,23,29). The van der Waals surface area contributed by atoms with E-state index in [1.54, 1.807) is 0 Å². The lowest BCUT2D eigenvalue weighted by molar-refractivity contribution is 0.0936. The monoisotopic (exact) mass is 437 g/mol. The van der Waals surface area contributed by atoms with Gasteiger partial charge in [-0.3, -0.25) is 15.6 Å². The number of rotatable bonds is 8. The lowest BCUT2D eigenvalue weighted by Gasteiger charge is -2.19. The van der Waals surface area contributed by atoms with Gasteiger partial charge in [-0.2, -0.15) is 4.68 Å². The molecule has 4 N–H and O–H groups in total. The van der Waals surface area contributed by atoms with Crippen molar-refractivity contribution < 1.29 is 9.42 Å². The smallest absolute Gasteiger partial charge is 0.292 e. The molecule has 0 fully saturated rings. The average molecular weight is 437 g/mol. The molecule has 0 spiro atoms. The van der Waals surface area contributed by atoms with Crippen LogP contribution in [-0.4, -0.2) is 38.3 Å². The highest BCUT2D eigenvalue weighted by Crippen LogP contribution is 2.20. The van der Waals surface area contributed by atoms with Gasteiger partial charge in [0.25, 0.3) is 5.91 Å². The molecule has 11 nitrogen and oxygen atoms in total. The van der Waals surface area contributed by atoms with Crippen molar-refractivity contribution in [1.29, 1.82) is 0 Å². The van der Waals surface area contributed by atoms with Gasteiger partial charge in [0.05, 0.1) is 22.8 Å². The Morgan fingerprint density at radius 1 is 1.23 bits per heavy atom. The molecule has 1 aromatic carbocycles. The fraction of sp³-hybridized carbons (Fsp3) is 0.105. The highest BCUT2D eigenvalue weighted by atomic mass is 32.1. The van der Waals surface area contributed by atoms with Gasteiger partial charge >= 0.3 is 0 Å². The van der Waals surface area contributed by atoms with Gasteiger partial charge in [0, 0.05) is 12.7 Å². The summed E-state index contributed by atoms with van der Waals surface area (Å²) in [6, 6.07) is 13.5. The molecule has 0 saturated heterocycles. The van der Waals surface area contributed by atoms with Crippen LogP contribution in [0.2, 0.25) is 0 Å². The van der Waals surface area contributed by atoms with Crippen LogP contribution in [-0.2, 0) is 6.54 Å². The summed E-state index contributed by atoms with van der Waals surface area (Å²) in [6.45, 7) is 4.21. The van der Waals surface area contributed by atoms with Gasteiger partial charge in [-0.05, 0) is 33.9 Å². The van der Waals surface area contributed by atoms with Crippen LogP contribution in [0.5, 0.6) is 0 Å². The van der Waals surface area contributed by atoms with E-state index in [1.807, 2.05) is 59.8 Å².